The maximum atomic E-state index is 12.3. The summed E-state index contributed by atoms with van der Waals surface area (Å²) in [7, 11) is 0. The van der Waals surface area contributed by atoms with Crippen LogP contribution in [0.4, 0.5) is 5.69 Å². The highest BCUT2D eigenvalue weighted by Crippen LogP contribution is 2.25. The zero-order valence-electron chi connectivity index (χ0n) is 12.8. The Hall–Kier alpha value is -2.59. The van der Waals surface area contributed by atoms with Gasteiger partial charge >= 0.3 is 5.97 Å². The van der Waals surface area contributed by atoms with Gasteiger partial charge in [-0.1, -0.05) is 42.5 Å². The van der Waals surface area contributed by atoms with Crippen molar-refractivity contribution >= 4 is 17.2 Å². The zero-order chi connectivity index (χ0) is 16.1. The molecule has 1 aliphatic heterocycles. The summed E-state index contributed by atoms with van der Waals surface area (Å²) in [5.74, 6) is -0.402. The van der Waals surface area contributed by atoms with Crippen molar-refractivity contribution in [3.63, 3.8) is 0 Å². The second-order valence-electron chi connectivity index (χ2n) is 5.42. The summed E-state index contributed by atoms with van der Waals surface area (Å²) < 4.78 is 10.7. The Kier molecular flexibility index (Phi) is 4.74. The highest BCUT2D eigenvalue weighted by molar-refractivity contribution is 5.96. The fourth-order valence-electron chi connectivity index (χ4n) is 2.52. The molecule has 0 aromatic heterocycles. The van der Waals surface area contributed by atoms with Crippen LogP contribution in [0.1, 0.15) is 27.9 Å². The van der Waals surface area contributed by atoms with E-state index in [2.05, 4.69) is 0 Å². The van der Waals surface area contributed by atoms with Crippen LogP contribution in [-0.4, -0.2) is 19.2 Å². The number of nitrogen functional groups attached to an aromatic ring is 1. The molecule has 2 N–H and O–H groups in total. The number of carbonyl (C=O) groups excluding carboxylic acids is 1. The predicted molar refractivity (Wildman–Crippen MR) is 89.8 cm³/mol. The van der Waals surface area contributed by atoms with Gasteiger partial charge in [0.25, 0.3) is 0 Å². The summed E-state index contributed by atoms with van der Waals surface area (Å²) in [5.41, 5.74) is 9.90. The molecule has 23 heavy (non-hydrogen) atoms. The molecule has 0 radical (unpaired) electrons. The van der Waals surface area contributed by atoms with Gasteiger partial charge in [0.2, 0.25) is 0 Å². The number of hydrogen-bond acceptors (Lipinski definition) is 4. The normalized spacial score (nSPS) is 14.2. The van der Waals surface area contributed by atoms with Gasteiger partial charge in [0.15, 0.2) is 0 Å². The summed E-state index contributed by atoms with van der Waals surface area (Å²) in [6, 6.07) is 15.1. The Morgan fingerprint density at radius 1 is 1.17 bits per heavy atom. The average Bonchev–Trinajstić information content (AvgIpc) is 2.62. The topological polar surface area (TPSA) is 61.5 Å². The van der Waals surface area contributed by atoms with Crippen LogP contribution < -0.4 is 5.73 Å². The van der Waals surface area contributed by atoms with Crippen molar-refractivity contribution in [2.45, 2.75) is 13.0 Å². The third-order valence-electron chi connectivity index (χ3n) is 3.82. The second kappa shape index (κ2) is 7.11. The summed E-state index contributed by atoms with van der Waals surface area (Å²) in [5, 5.41) is 0. The van der Waals surface area contributed by atoms with E-state index in [1.807, 2.05) is 42.5 Å². The summed E-state index contributed by atoms with van der Waals surface area (Å²) in [6.45, 7) is 1.54. The zero-order valence-corrected chi connectivity index (χ0v) is 12.8. The van der Waals surface area contributed by atoms with Crippen molar-refractivity contribution in [3.8, 4) is 0 Å². The third kappa shape index (κ3) is 3.79. The molecule has 118 valence electrons. The van der Waals surface area contributed by atoms with Crippen molar-refractivity contribution in [1.82, 2.24) is 0 Å². The Balaban J connectivity index is 1.75. The van der Waals surface area contributed by atoms with Gasteiger partial charge in [-0.15, -0.1) is 0 Å². The summed E-state index contributed by atoms with van der Waals surface area (Å²) in [6.07, 6.45) is 2.87. The minimum absolute atomic E-state index is 0.236. The van der Waals surface area contributed by atoms with E-state index < -0.39 is 5.97 Å². The lowest BCUT2D eigenvalue weighted by atomic mass is 9.98. The highest BCUT2D eigenvalue weighted by atomic mass is 16.5. The SMILES string of the molecule is Nc1ccc(C2=CCOCC2)cc1C(=O)OCc1ccccc1. The number of anilines is 1. The third-order valence-corrected chi connectivity index (χ3v) is 3.82. The number of benzene rings is 2. The lowest BCUT2D eigenvalue weighted by Gasteiger charge is -2.15. The van der Waals surface area contributed by atoms with Crippen molar-refractivity contribution in [2.75, 3.05) is 18.9 Å². The second-order valence-corrected chi connectivity index (χ2v) is 5.42. The molecular formula is C19H19NO3. The van der Waals surface area contributed by atoms with Gasteiger partial charge in [0, 0.05) is 5.69 Å². The fourth-order valence-corrected chi connectivity index (χ4v) is 2.52. The molecule has 0 amide bonds. The molecule has 4 nitrogen and oxygen atoms in total. The molecule has 2 aromatic rings. The highest BCUT2D eigenvalue weighted by Gasteiger charge is 2.15. The maximum Gasteiger partial charge on any atom is 0.340 e. The van der Waals surface area contributed by atoms with Crippen LogP contribution in [0.15, 0.2) is 54.6 Å². The Morgan fingerprint density at radius 3 is 2.74 bits per heavy atom. The van der Waals surface area contributed by atoms with Crippen LogP contribution >= 0.6 is 0 Å². The van der Waals surface area contributed by atoms with Gasteiger partial charge in [0.05, 0.1) is 18.8 Å². The first kappa shape index (κ1) is 15.3. The first-order chi connectivity index (χ1) is 11.2. The largest absolute Gasteiger partial charge is 0.457 e. The lowest BCUT2D eigenvalue weighted by Crippen LogP contribution is -2.10. The smallest absolute Gasteiger partial charge is 0.340 e. The van der Waals surface area contributed by atoms with Gasteiger partial charge in [-0.05, 0) is 35.3 Å². The van der Waals surface area contributed by atoms with E-state index in [1.165, 1.54) is 5.57 Å². The summed E-state index contributed by atoms with van der Waals surface area (Å²) >= 11 is 0. The van der Waals surface area contributed by atoms with E-state index >= 15 is 0 Å². The molecule has 3 rings (SSSR count). The minimum Gasteiger partial charge on any atom is -0.457 e. The first-order valence-corrected chi connectivity index (χ1v) is 7.62. The van der Waals surface area contributed by atoms with Crippen molar-refractivity contribution in [1.29, 1.82) is 0 Å². The Morgan fingerprint density at radius 2 is 2.00 bits per heavy atom. The van der Waals surface area contributed by atoms with Crippen molar-refractivity contribution < 1.29 is 14.3 Å². The standard InChI is InChI=1S/C19H19NO3/c20-18-7-6-16(15-8-10-22-11-9-15)12-17(18)19(21)23-13-14-4-2-1-3-5-14/h1-8,12H,9-11,13,20H2. The molecule has 0 saturated carbocycles. The monoisotopic (exact) mass is 309 g/mol. The van der Waals surface area contributed by atoms with Crippen LogP contribution in [0.5, 0.6) is 0 Å². The number of ether oxygens (including phenoxy) is 2. The molecule has 0 fully saturated rings. The first-order valence-electron chi connectivity index (χ1n) is 7.62. The number of hydrogen-bond donors (Lipinski definition) is 1. The van der Waals surface area contributed by atoms with E-state index in [0.29, 0.717) is 24.5 Å². The molecule has 1 heterocycles. The maximum absolute atomic E-state index is 12.3. The van der Waals surface area contributed by atoms with E-state index in [9.17, 15) is 4.79 Å². The summed E-state index contributed by atoms with van der Waals surface area (Å²) in [4.78, 5) is 12.3. The van der Waals surface area contributed by atoms with E-state index in [4.69, 9.17) is 15.2 Å². The molecule has 0 saturated heterocycles. The van der Waals surface area contributed by atoms with Gasteiger partial charge in [-0.3, -0.25) is 0 Å². The van der Waals surface area contributed by atoms with Crippen molar-refractivity contribution in [2.24, 2.45) is 0 Å². The average molecular weight is 309 g/mol. The molecule has 4 heteroatoms. The van der Waals surface area contributed by atoms with Crippen LogP contribution in [-0.2, 0) is 16.1 Å². The molecule has 0 aliphatic carbocycles. The molecule has 0 unspecified atom stereocenters. The number of esters is 1. The van der Waals surface area contributed by atoms with Gasteiger partial charge in [-0.2, -0.15) is 0 Å². The van der Waals surface area contributed by atoms with Crippen LogP contribution in [0.3, 0.4) is 0 Å². The molecule has 1 aliphatic rings. The number of carbonyl (C=O) groups is 1. The fraction of sp³-hybridized carbons (Fsp3) is 0.211. The molecule has 0 bridgehead atoms. The minimum atomic E-state index is -0.402. The number of rotatable bonds is 4. The quantitative estimate of drug-likeness (QED) is 0.694. The van der Waals surface area contributed by atoms with Crippen LogP contribution in [0.25, 0.3) is 5.57 Å². The van der Waals surface area contributed by atoms with Crippen LogP contribution in [0, 0.1) is 0 Å². The van der Waals surface area contributed by atoms with E-state index in [-0.39, 0.29) is 6.61 Å². The Labute approximate surface area is 135 Å². The van der Waals surface area contributed by atoms with Gasteiger partial charge in [0.1, 0.15) is 6.61 Å². The van der Waals surface area contributed by atoms with Crippen molar-refractivity contribution in [3.05, 3.63) is 71.3 Å². The predicted octanol–water partition coefficient (Wildman–Crippen LogP) is 3.43. The molecule has 0 atom stereocenters. The number of nitrogens with two attached hydrogens (primary N) is 1. The molecule has 0 spiro atoms. The Bertz CT molecular complexity index is 723. The van der Waals surface area contributed by atoms with Crippen LogP contribution in [0.2, 0.25) is 0 Å². The van der Waals surface area contributed by atoms with E-state index in [0.717, 1.165) is 17.5 Å². The van der Waals surface area contributed by atoms with E-state index in [1.54, 1.807) is 12.1 Å². The lowest BCUT2D eigenvalue weighted by molar-refractivity contribution is 0.0474. The molecular weight excluding hydrogens is 290 g/mol. The molecule has 2 aromatic carbocycles. The van der Waals surface area contributed by atoms with Gasteiger partial charge in [-0.25, -0.2) is 4.79 Å². The van der Waals surface area contributed by atoms with Gasteiger partial charge < -0.3 is 15.2 Å².